The summed E-state index contributed by atoms with van der Waals surface area (Å²) in [5.74, 6) is -0.902. The summed E-state index contributed by atoms with van der Waals surface area (Å²) in [4.78, 5) is 22.9. The van der Waals surface area contributed by atoms with Crippen LogP contribution in [0.3, 0.4) is 0 Å². The minimum absolute atomic E-state index is 0.0706. The molecule has 0 radical (unpaired) electrons. The lowest BCUT2D eigenvalue weighted by molar-refractivity contribution is -0.139. The van der Waals surface area contributed by atoms with E-state index in [0.717, 1.165) is 29.7 Å². The molecule has 102 valence electrons. The number of carboxylic acids is 1. The second-order valence-corrected chi connectivity index (χ2v) is 5.02. The number of hydrogen-bond acceptors (Lipinski definition) is 2. The van der Waals surface area contributed by atoms with Crippen molar-refractivity contribution in [1.82, 2.24) is 5.32 Å². The third-order valence-electron chi connectivity index (χ3n) is 3.37. The van der Waals surface area contributed by atoms with Gasteiger partial charge in [-0.25, -0.2) is 9.59 Å². The molecule has 1 aromatic rings. The van der Waals surface area contributed by atoms with Crippen molar-refractivity contribution in [3.05, 3.63) is 29.3 Å². The second-order valence-electron chi connectivity index (χ2n) is 5.02. The van der Waals surface area contributed by atoms with Gasteiger partial charge in [-0.2, -0.15) is 0 Å². The quantitative estimate of drug-likeness (QED) is 0.779. The van der Waals surface area contributed by atoms with Crippen molar-refractivity contribution in [3.63, 3.8) is 0 Å². The maximum atomic E-state index is 11.9. The summed E-state index contributed by atoms with van der Waals surface area (Å²) in [5.41, 5.74) is 2.64. The molecule has 2 rings (SSSR count). The molecule has 1 unspecified atom stereocenters. The number of nitrogens with one attached hydrogen (secondary N) is 2. The van der Waals surface area contributed by atoms with Gasteiger partial charge in [0, 0.05) is 5.69 Å². The Hall–Kier alpha value is -2.04. The minimum atomic E-state index is -0.973. The standard InChI is InChI=1S/C14H18N2O3/c1-8-4-3-5-9(2)11(8)15-14(19)16-12(13(17)18)10-6-7-10/h3-5,10,12H,6-7H2,1-2H3,(H,17,18)(H2,15,16,19). The van der Waals surface area contributed by atoms with Gasteiger partial charge in [-0.3, -0.25) is 0 Å². The Morgan fingerprint density at radius 2 is 1.84 bits per heavy atom. The molecule has 0 spiro atoms. The molecular formula is C14H18N2O3. The van der Waals surface area contributed by atoms with Gasteiger partial charge < -0.3 is 15.7 Å². The number of urea groups is 1. The summed E-state index contributed by atoms with van der Waals surface area (Å²) in [6.07, 6.45) is 1.72. The number of carboxylic acid groups (broad SMARTS) is 1. The summed E-state index contributed by atoms with van der Waals surface area (Å²) in [6, 6.07) is 4.47. The van der Waals surface area contributed by atoms with Gasteiger partial charge in [-0.15, -0.1) is 0 Å². The van der Waals surface area contributed by atoms with Crippen LogP contribution in [0.2, 0.25) is 0 Å². The molecule has 0 aliphatic heterocycles. The van der Waals surface area contributed by atoms with E-state index in [9.17, 15) is 9.59 Å². The zero-order valence-corrected chi connectivity index (χ0v) is 11.1. The van der Waals surface area contributed by atoms with Crippen molar-refractivity contribution >= 4 is 17.7 Å². The Labute approximate surface area is 112 Å². The van der Waals surface area contributed by atoms with E-state index in [1.54, 1.807) is 0 Å². The summed E-state index contributed by atoms with van der Waals surface area (Å²) >= 11 is 0. The van der Waals surface area contributed by atoms with Gasteiger partial charge >= 0.3 is 12.0 Å². The molecule has 1 fully saturated rings. The van der Waals surface area contributed by atoms with E-state index in [1.807, 2.05) is 32.0 Å². The molecule has 3 N–H and O–H groups in total. The SMILES string of the molecule is Cc1cccc(C)c1NC(=O)NC(C(=O)O)C1CC1. The van der Waals surface area contributed by atoms with Crippen LogP contribution in [-0.2, 0) is 4.79 Å². The molecular weight excluding hydrogens is 244 g/mol. The van der Waals surface area contributed by atoms with Gasteiger partial charge in [-0.1, -0.05) is 18.2 Å². The molecule has 1 atom stereocenters. The third-order valence-corrected chi connectivity index (χ3v) is 3.37. The van der Waals surface area contributed by atoms with Gasteiger partial charge in [-0.05, 0) is 43.7 Å². The number of rotatable bonds is 4. The average molecular weight is 262 g/mol. The minimum Gasteiger partial charge on any atom is -0.480 e. The van der Waals surface area contributed by atoms with Crippen LogP contribution in [0, 0.1) is 19.8 Å². The lowest BCUT2D eigenvalue weighted by atomic mass is 10.1. The first-order valence-corrected chi connectivity index (χ1v) is 6.35. The van der Waals surface area contributed by atoms with E-state index in [-0.39, 0.29) is 5.92 Å². The van der Waals surface area contributed by atoms with Crippen LogP contribution in [0.1, 0.15) is 24.0 Å². The summed E-state index contributed by atoms with van der Waals surface area (Å²) in [7, 11) is 0. The van der Waals surface area contributed by atoms with Crippen molar-refractivity contribution in [2.24, 2.45) is 5.92 Å². The fourth-order valence-corrected chi connectivity index (χ4v) is 2.11. The van der Waals surface area contributed by atoms with Crippen molar-refractivity contribution in [1.29, 1.82) is 0 Å². The van der Waals surface area contributed by atoms with E-state index in [0.29, 0.717) is 0 Å². The van der Waals surface area contributed by atoms with Crippen molar-refractivity contribution in [3.8, 4) is 0 Å². The first-order chi connectivity index (χ1) is 8.99. The van der Waals surface area contributed by atoms with Crippen LogP contribution in [0.5, 0.6) is 0 Å². The number of para-hydroxylation sites is 1. The zero-order valence-electron chi connectivity index (χ0n) is 11.1. The fourth-order valence-electron chi connectivity index (χ4n) is 2.11. The smallest absolute Gasteiger partial charge is 0.326 e. The van der Waals surface area contributed by atoms with Crippen LogP contribution >= 0.6 is 0 Å². The molecule has 0 heterocycles. The highest BCUT2D eigenvalue weighted by atomic mass is 16.4. The van der Waals surface area contributed by atoms with E-state index >= 15 is 0 Å². The van der Waals surface area contributed by atoms with E-state index in [2.05, 4.69) is 10.6 Å². The number of carbonyl (C=O) groups is 2. The van der Waals surface area contributed by atoms with Crippen LogP contribution in [0.25, 0.3) is 0 Å². The molecule has 5 nitrogen and oxygen atoms in total. The third kappa shape index (κ3) is 3.24. The molecule has 0 aromatic heterocycles. The molecule has 5 heteroatoms. The van der Waals surface area contributed by atoms with Crippen molar-refractivity contribution in [2.75, 3.05) is 5.32 Å². The monoisotopic (exact) mass is 262 g/mol. The molecule has 1 aliphatic rings. The highest BCUT2D eigenvalue weighted by Crippen LogP contribution is 2.32. The first-order valence-electron chi connectivity index (χ1n) is 6.35. The maximum Gasteiger partial charge on any atom is 0.326 e. The Balaban J connectivity index is 2.02. The Morgan fingerprint density at radius 1 is 1.26 bits per heavy atom. The molecule has 1 aromatic carbocycles. The maximum absolute atomic E-state index is 11.9. The summed E-state index contributed by atoms with van der Waals surface area (Å²) in [6.45, 7) is 3.80. The van der Waals surface area contributed by atoms with Crippen LogP contribution < -0.4 is 10.6 Å². The summed E-state index contributed by atoms with van der Waals surface area (Å²) < 4.78 is 0. The first kappa shape index (κ1) is 13.4. The normalized spacial score (nSPS) is 15.7. The van der Waals surface area contributed by atoms with Gasteiger partial charge in [0.15, 0.2) is 0 Å². The number of benzene rings is 1. The number of anilines is 1. The second kappa shape index (κ2) is 5.30. The lowest BCUT2D eigenvalue weighted by Gasteiger charge is -2.16. The van der Waals surface area contributed by atoms with E-state index < -0.39 is 18.0 Å². The van der Waals surface area contributed by atoms with Crippen LogP contribution in [0.4, 0.5) is 10.5 Å². The topological polar surface area (TPSA) is 78.4 Å². The number of hydrogen-bond donors (Lipinski definition) is 3. The molecule has 0 saturated heterocycles. The number of aliphatic carboxylic acids is 1. The Morgan fingerprint density at radius 3 is 2.32 bits per heavy atom. The van der Waals surface area contributed by atoms with Gasteiger partial charge in [0.1, 0.15) is 6.04 Å². The number of carbonyl (C=O) groups excluding carboxylic acids is 1. The highest BCUT2D eigenvalue weighted by Gasteiger charge is 2.37. The molecule has 19 heavy (non-hydrogen) atoms. The van der Waals surface area contributed by atoms with E-state index in [4.69, 9.17) is 5.11 Å². The van der Waals surface area contributed by atoms with Crippen LogP contribution in [0.15, 0.2) is 18.2 Å². The molecule has 0 bridgehead atoms. The fraction of sp³-hybridized carbons (Fsp3) is 0.429. The lowest BCUT2D eigenvalue weighted by Crippen LogP contribution is -2.44. The molecule has 1 saturated carbocycles. The van der Waals surface area contributed by atoms with Gasteiger partial charge in [0.2, 0.25) is 0 Å². The predicted octanol–water partition coefficient (Wildman–Crippen LogP) is 2.29. The zero-order chi connectivity index (χ0) is 14.0. The largest absolute Gasteiger partial charge is 0.480 e. The van der Waals surface area contributed by atoms with E-state index in [1.165, 1.54) is 0 Å². The van der Waals surface area contributed by atoms with Gasteiger partial charge in [0.25, 0.3) is 0 Å². The Bertz CT molecular complexity index is 489. The van der Waals surface area contributed by atoms with Gasteiger partial charge in [0.05, 0.1) is 0 Å². The average Bonchev–Trinajstić information content (AvgIpc) is 3.15. The predicted molar refractivity (Wildman–Crippen MR) is 72.2 cm³/mol. The van der Waals surface area contributed by atoms with Crippen LogP contribution in [-0.4, -0.2) is 23.1 Å². The highest BCUT2D eigenvalue weighted by molar-refractivity contribution is 5.93. The number of aryl methyl sites for hydroxylation is 2. The van der Waals surface area contributed by atoms with Crippen molar-refractivity contribution in [2.45, 2.75) is 32.7 Å². The Kier molecular flexibility index (Phi) is 3.74. The summed E-state index contributed by atoms with van der Waals surface area (Å²) in [5, 5.41) is 14.3. The molecule has 1 aliphatic carbocycles. The molecule has 2 amide bonds. The number of amides is 2. The van der Waals surface area contributed by atoms with Crippen molar-refractivity contribution < 1.29 is 14.7 Å².